The first-order chi connectivity index (χ1) is 12.0. The maximum atomic E-state index is 11.1. The van der Waals surface area contributed by atoms with Crippen LogP contribution >= 0.6 is 0 Å². The van der Waals surface area contributed by atoms with Crippen molar-refractivity contribution in [2.24, 2.45) is 0 Å². The molecule has 0 spiro atoms. The van der Waals surface area contributed by atoms with Gasteiger partial charge in [0.2, 0.25) is 5.95 Å². The molecule has 0 unspecified atom stereocenters. The highest BCUT2D eigenvalue weighted by molar-refractivity contribution is 5.88. The Bertz CT molecular complexity index is 892. The summed E-state index contributed by atoms with van der Waals surface area (Å²) in [6.45, 7) is 3.43. The number of likely N-dealkylation sites (N-methyl/N-ethyl adjacent to an activating group) is 1. The fraction of sp³-hybridized carbons (Fsp3) is 0.235. The van der Waals surface area contributed by atoms with Crippen molar-refractivity contribution in [3.05, 3.63) is 54.4 Å². The summed E-state index contributed by atoms with van der Waals surface area (Å²) in [5, 5.41) is 9.11. The first kappa shape index (κ1) is 16.6. The number of carbonyl (C=O) groups is 1. The molecule has 0 saturated heterocycles. The summed E-state index contributed by atoms with van der Waals surface area (Å²) in [5.41, 5.74) is 1.26. The topological polar surface area (TPSA) is 97.0 Å². The molecular formula is C17H18N6O2. The van der Waals surface area contributed by atoms with Gasteiger partial charge in [0.15, 0.2) is 0 Å². The maximum absolute atomic E-state index is 11.1. The van der Waals surface area contributed by atoms with Crippen LogP contribution in [-0.2, 0) is 6.54 Å². The van der Waals surface area contributed by atoms with Gasteiger partial charge in [-0.25, -0.2) is 19.7 Å². The van der Waals surface area contributed by atoms with E-state index < -0.39 is 5.97 Å². The minimum absolute atomic E-state index is 0.175. The Morgan fingerprint density at radius 3 is 2.68 bits per heavy atom. The first-order valence-electron chi connectivity index (χ1n) is 7.76. The zero-order valence-electron chi connectivity index (χ0n) is 14.0. The monoisotopic (exact) mass is 338 g/mol. The zero-order valence-corrected chi connectivity index (χ0v) is 14.0. The summed E-state index contributed by atoms with van der Waals surface area (Å²) in [7, 11) is 1.91. The zero-order chi connectivity index (χ0) is 17.8. The maximum Gasteiger partial charge on any atom is 0.335 e. The Kier molecular flexibility index (Phi) is 4.69. The number of aromatic carboxylic acids is 1. The second kappa shape index (κ2) is 7.08. The number of pyridine rings is 1. The molecular weight excluding hydrogens is 320 g/mol. The van der Waals surface area contributed by atoms with Crippen LogP contribution in [0.4, 0.5) is 5.95 Å². The van der Waals surface area contributed by atoms with Gasteiger partial charge in [0.25, 0.3) is 0 Å². The fourth-order valence-electron chi connectivity index (χ4n) is 2.38. The van der Waals surface area contributed by atoms with Crippen molar-refractivity contribution in [2.75, 3.05) is 18.5 Å². The van der Waals surface area contributed by atoms with Crippen LogP contribution in [-0.4, -0.2) is 49.2 Å². The molecule has 3 aromatic heterocycles. The van der Waals surface area contributed by atoms with Crippen molar-refractivity contribution >= 4 is 11.9 Å². The second-order valence-electron chi connectivity index (χ2n) is 5.57. The minimum Gasteiger partial charge on any atom is -0.478 e. The lowest BCUT2D eigenvalue weighted by molar-refractivity contribution is 0.0697. The second-order valence-corrected chi connectivity index (χ2v) is 5.57. The molecule has 1 N–H and O–H groups in total. The normalized spacial score (nSPS) is 10.6. The van der Waals surface area contributed by atoms with Gasteiger partial charge >= 0.3 is 5.97 Å². The average Bonchev–Trinajstić information content (AvgIpc) is 3.05. The molecule has 0 amide bonds. The van der Waals surface area contributed by atoms with E-state index in [4.69, 9.17) is 5.11 Å². The third-order valence-corrected chi connectivity index (χ3v) is 3.85. The molecule has 3 heterocycles. The molecule has 0 aliphatic rings. The summed E-state index contributed by atoms with van der Waals surface area (Å²) in [5.74, 6) is 0.515. The highest BCUT2D eigenvalue weighted by atomic mass is 16.4. The van der Waals surface area contributed by atoms with Crippen molar-refractivity contribution in [1.29, 1.82) is 0 Å². The van der Waals surface area contributed by atoms with Gasteiger partial charge < -0.3 is 14.6 Å². The van der Waals surface area contributed by atoms with E-state index >= 15 is 0 Å². The van der Waals surface area contributed by atoms with Gasteiger partial charge in [-0.05, 0) is 25.1 Å². The number of aryl methyl sites for hydroxylation is 1. The number of carboxylic acid groups (broad SMARTS) is 1. The van der Waals surface area contributed by atoms with Crippen LogP contribution < -0.4 is 4.90 Å². The van der Waals surface area contributed by atoms with Crippen LogP contribution in [0.1, 0.15) is 16.2 Å². The molecule has 0 atom stereocenters. The average molecular weight is 338 g/mol. The number of imidazole rings is 1. The van der Waals surface area contributed by atoms with Crippen LogP contribution in [0, 0.1) is 6.92 Å². The van der Waals surface area contributed by atoms with Gasteiger partial charge in [-0.15, -0.1) is 0 Å². The molecule has 25 heavy (non-hydrogen) atoms. The lowest BCUT2D eigenvalue weighted by Gasteiger charge is -2.18. The molecule has 0 aliphatic carbocycles. The van der Waals surface area contributed by atoms with E-state index in [2.05, 4.69) is 24.5 Å². The van der Waals surface area contributed by atoms with Crippen LogP contribution in [0.5, 0.6) is 0 Å². The molecule has 0 fully saturated rings. The van der Waals surface area contributed by atoms with E-state index in [0.717, 1.165) is 12.4 Å². The highest BCUT2D eigenvalue weighted by Crippen LogP contribution is 2.17. The molecule has 3 rings (SSSR count). The fourth-order valence-corrected chi connectivity index (χ4v) is 2.38. The van der Waals surface area contributed by atoms with Crippen molar-refractivity contribution in [1.82, 2.24) is 24.5 Å². The molecule has 0 bridgehead atoms. The van der Waals surface area contributed by atoms with Gasteiger partial charge in [0, 0.05) is 44.9 Å². The van der Waals surface area contributed by atoms with Crippen LogP contribution in [0.3, 0.4) is 0 Å². The van der Waals surface area contributed by atoms with Crippen molar-refractivity contribution in [2.45, 2.75) is 13.5 Å². The number of hydrogen-bond donors (Lipinski definition) is 1. The van der Waals surface area contributed by atoms with E-state index in [1.165, 1.54) is 18.3 Å². The van der Waals surface area contributed by atoms with Gasteiger partial charge in [-0.3, -0.25) is 4.98 Å². The van der Waals surface area contributed by atoms with Gasteiger partial charge in [0.05, 0.1) is 17.0 Å². The van der Waals surface area contributed by atoms with Gasteiger partial charge in [0.1, 0.15) is 5.82 Å². The number of rotatable bonds is 6. The summed E-state index contributed by atoms with van der Waals surface area (Å²) >= 11 is 0. The van der Waals surface area contributed by atoms with Gasteiger partial charge in [-0.2, -0.15) is 0 Å². The standard InChI is InChI=1S/C17H18N6O2/c1-12-18-7-8-23(12)10-9-22(2)17-20-6-4-14(21-17)15-11-13(16(24)25)3-5-19-15/h3-8,11H,9-10H2,1-2H3,(H,24,25). The van der Waals surface area contributed by atoms with Crippen LogP contribution in [0.2, 0.25) is 0 Å². The number of hydrogen-bond acceptors (Lipinski definition) is 6. The van der Waals surface area contributed by atoms with Crippen LogP contribution in [0.25, 0.3) is 11.4 Å². The third-order valence-electron chi connectivity index (χ3n) is 3.85. The Balaban J connectivity index is 1.78. The Labute approximate surface area is 144 Å². The third kappa shape index (κ3) is 3.79. The van der Waals surface area contributed by atoms with E-state index in [0.29, 0.717) is 23.9 Å². The summed E-state index contributed by atoms with van der Waals surface area (Å²) < 4.78 is 2.05. The number of carboxylic acids is 1. The number of aromatic nitrogens is 5. The minimum atomic E-state index is -0.995. The predicted octanol–water partition coefficient (Wildman–Crippen LogP) is 1.88. The lowest BCUT2D eigenvalue weighted by Crippen LogP contribution is -2.24. The summed E-state index contributed by atoms with van der Waals surface area (Å²) in [4.78, 5) is 30.2. The van der Waals surface area contributed by atoms with Crippen molar-refractivity contribution < 1.29 is 9.90 Å². The van der Waals surface area contributed by atoms with Gasteiger partial charge in [-0.1, -0.05) is 0 Å². The van der Waals surface area contributed by atoms with Crippen molar-refractivity contribution in [3.8, 4) is 11.4 Å². The first-order valence-corrected chi connectivity index (χ1v) is 7.76. The van der Waals surface area contributed by atoms with E-state index in [1.807, 2.05) is 25.1 Å². The largest absolute Gasteiger partial charge is 0.478 e. The highest BCUT2D eigenvalue weighted by Gasteiger charge is 2.10. The Hall–Kier alpha value is -3.29. The smallest absolute Gasteiger partial charge is 0.335 e. The molecule has 8 heteroatoms. The quantitative estimate of drug-likeness (QED) is 0.733. The predicted molar refractivity (Wildman–Crippen MR) is 92.5 cm³/mol. The molecule has 0 saturated carbocycles. The molecule has 0 aromatic carbocycles. The van der Waals surface area contributed by atoms with Crippen LogP contribution in [0.15, 0.2) is 43.0 Å². The van der Waals surface area contributed by atoms with E-state index in [9.17, 15) is 4.79 Å². The molecule has 8 nitrogen and oxygen atoms in total. The molecule has 0 aliphatic heterocycles. The Morgan fingerprint density at radius 1 is 1.16 bits per heavy atom. The number of anilines is 1. The van der Waals surface area contributed by atoms with Crippen molar-refractivity contribution in [3.63, 3.8) is 0 Å². The molecule has 3 aromatic rings. The number of nitrogens with zero attached hydrogens (tertiary/aromatic N) is 6. The summed E-state index contributed by atoms with van der Waals surface area (Å²) in [6.07, 6.45) is 6.81. The molecule has 128 valence electrons. The Morgan fingerprint density at radius 2 is 1.96 bits per heavy atom. The SMILES string of the molecule is Cc1nccn1CCN(C)c1nccc(-c2cc(C(=O)O)ccn2)n1. The lowest BCUT2D eigenvalue weighted by atomic mass is 10.2. The molecule has 0 radical (unpaired) electrons. The van der Waals surface area contributed by atoms with E-state index in [-0.39, 0.29) is 5.56 Å². The summed E-state index contributed by atoms with van der Waals surface area (Å²) in [6, 6.07) is 4.67. The van der Waals surface area contributed by atoms with E-state index in [1.54, 1.807) is 18.5 Å².